The van der Waals surface area contributed by atoms with Crippen LogP contribution in [0, 0.1) is 9.39 Å². The molecule has 0 saturated carbocycles. The van der Waals surface area contributed by atoms with Gasteiger partial charge in [-0.15, -0.1) is 0 Å². The molecule has 1 rings (SSSR count). The van der Waals surface area contributed by atoms with Crippen LogP contribution in [0.5, 0.6) is 0 Å². The Morgan fingerprint density at radius 2 is 2.25 bits per heavy atom. The van der Waals surface area contributed by atoms with Crippen molar-refractivity contribution in [3.05, 3.63) is 33.1 Å². The molecule has 2 N–H and O–H groups in total. The molecule has 0 aliphatic rings. The summed E-state index contributed by atoms with van der Waals surface area (Å²) >= 11 is 1.95. The summed E-state index contributed by atoms with van der Waals surface area (Å²) in [5.41, 5.74) is 0.505. The number of benzene rings is 1. The van der Waals surface area contributed by atoms with Crippen molar-refractivity contribution < 1.29 is 9.18 Å². The largest absolute Gasteiger partial charge is 0.350 e. The lowest BCUT2D eigenvalue weighted by atomic mass is 10.2. The fraction of sp³-hybridized carbons (Fsp3) is 0.364. The molecule has 3 nitrogen and oxygen atoms in total. The van der Waals surface area contributed by atoms with Crippen molar-refractivity contribution in [1.29, 1.82) is 0 Å². The zero-order chi connectivity index (χ0) is 12.1. The minimum absolute atomic E-state index is 0.175. The molecule has 5 heteroatoms. The zero-order valence-corrected chi connectivity index (χ0v) is 11.3. The first kappa shape index (κ1) is 13.4. The average molecular weight is 336 g/mol. The van der Waals surface area contributed by atoms with Gasteiger partial charge in [-0.2, -0.15) is 0 Å². The maximum atomic E-state index is 12.8. The molecule has 88 valence electrons. The van der Waals surface area contributed by atoms with Crippen molar-refractivity contribution in [2.75, 3.05) is 13.6 Å². The number of rotatable bonds is 4. The van der Waals surface area contributed by atoms with Crippen LogP contribution in [-0.4, -0.2) is 25.5 Å². The summed E-state index contributed by atoms with van der Waals surface area (Å²) in [4.78, 5) is 11.7. The van der Waals surface area contributed by atoms with E-state index in [1.54, 1.807) is 0 Å². The smallest absolute Gasteiger partial charge is 0.252 e. The van der Waals surface area contributed by atoms with E-state index in [1.165, 1.54) is 18.2 Å². The number of likely N-dealkylation sites (N-methyl/N-ethyl adjacent to an activating group) is 1. The van der Waals surface area contributed by atoms with E-state index >= 15 is 0 Å². The number of hydrogen-bond donors (Lipinski definition) is 2. The molecule has 0 aromatic heterocycles. The summed E-state index contributed by atoms with van der Waals surface area (Å²) in [5.74, 6) is -0.504. The number of halogens is 2. The van der Waals surface area contributed by atoms with E-state index in [0.717, 1.165) is 0 Å². The lowest BCUT2D eigenvalue weighted by Crippen LogP contribution is -2.37. The van der Waals surface area contributed by atoms with Gasteiger partial charge in [-0.05, 0) is 54.8 Å². The fourth-order valence-electron chi connectivity index (χ4n) is 1.12. The van der Waals surface area contributed by atoms with Crippen LogP contribution < -0.4 is 10.6 Å². The van der Waals surface area contributed by atoms with Crippen LogP contribution in [-0.2, 0) is 0 Å². The van der Waals surface area contributed by atoms with Crippen LogP contribution in [0.25, 0.3) is 0 Å². The Bertz CT molecular complexity index is 384. The van der Waals surface area contributed by atoms with Gasteiger partial charge in [0, 0.05) is 16.2 Å². The van der Waals surface area contributed by atoms with Crippen LogP contribution in [0.4, 0.5) is 4.39 Å². The van der Waals surface area contributed by atoms with Gasteiger partial charge in [0.2, 0.25) is 0 Å². The molecule has 0 spiro atoms. The van der Waals surface area contributed by atoms with Gasteiger partial charge in [-0.3, -0.25) is 4.79 Å². The van der Waals surface area contributed by atoms with Crippen molar-refractivity contribution >= 4 is 28.5 Å². The number of nitrogens with one attached hydrogen (secondary N) is 2. The van der Waals surface area contributed by atoms with Crippen LogP contribution in [0.3, 0.4) is 0 Å². The van der Waals surface area contributed by atoms with E-state index in [1.807, 2.05) is 36.6 Å². The third kappa shape index (κ3) is 3.71. The first-order chi connectivity index (χ1) is 7.54. The Morgan fingerprint density at radius 1 is 1.56 bits per heavy atom. The van der Waals surface area contributed by atoms with Crippen molar-refractivity contribution in [1.82, 2.24) is 10.6 Å². The Balaban J connectivity index is 2.66. The van der Waals surface area contributed by atoms with Gasteiger partial charge in [-0.25, -0.2) is 4.39 Å². The number of hydrogen-bond acceptors (Lipinski definition) is 2. The molecular formula is C11H14FIN2O. The molecule has 1 amide bonds. The molecule has 0 bridgehead atoms. The molecule has 1 aromatic carbocycles. The van der Waals surface area contributed by atoms with E-state index in [2.05, 4.69) is 10.6 Å². The lowest BCUT2D eigenvalue weighted by Gasteiger charge is -2.12. The first-order valence-electron chi connectivity index (χ1n) is 4.95. The Hall–Kier alpha value is -0.690. The molecule has 0 saturated heterocycles. The van der Waals surface area contributed by atoms with Gasteiger partial charge < -0.3 is 10.6 Å². The maximum absolute atomic E-state index is 12.8. The molecule has 0 fully saturated rings. The Labute approximate surface area is 108 Å². The highest BCUT2D eigenvalue weighted by atomic mass is 127. The van der Waals surface area contributed by atoms with E-state index in [0.29, 0.717) is 15.7 Å². The van der Waals surface area contributed by atoms with E-state index in [9.17, 15) is 9.18 Å². The van der Waals surface area contributed by atoms with Crippen LogP contribution >= 0.6 is 22.6 Å². The second-order valence-electron chi connectivity index (χ2n) is 3.52. The van der Waals surface area contributed by atoms with Crippen molar-refractivity contribution in [2.45, 2.75) is 13.0 Å². The highest BCUT2D eigenvalue weighted by molar-refractivity contribution is 14.1. The number of carbonyl (C=O) groups is 1. The summed E-state index contributed by atoms with van der Waals surface area (Å²) in [5, 5.41) is 5.80. The summed E-state index contributed by atoms with van der Waals surface area (Å²) in [6, 6.07) is 4.34. The first-order valence-corrected chi connectivity index (χ1v) is 6.03. The molecule has 0 heterocycles. The minimum atomic E-state index is -0.329. The Morgan fingerprint density at radius 3 is 2.81 bits per heavy atom. The molecule has 0 aliphatic carbocycles. The van der Waals surface area contributed by atoms with Gasteiger partial charge >= 0.3 is 0 Å². The number of carbonyl (C=O) groups excluding carboxylic acids is 1. The van der Waals surface area contributed by atoms with Gasteiger partial charge in [0.15, 0.2) is 0 Å². The second-order valence-corrected chi connectivity index (χ2v) is 4.69. The quantitative estimate of drug-likeness (QED) is 0.823. The highest BCUT2D eigenvalue weighted by Crippen LogP contribution is 2.13. The third-order valence-electron chi connectivity index (χ3n) is 2.24. The summed E-state index contributed by atoms with van der Waals surface area (Å²) in [7, 11) is 1.83. The van der Waals surface area contributed by atoms with Gasteiger partial charge in [0.05, 0.1) is 5.56 Å². The predicted molar refractivity (Wildman–Crippen MR) is 70.0 cm³/mol. The average Bonchev–Trinajstić information content (AvgIpc) is 2.25. The van der Waals surface area contributed by atoms with E-state index in [4.69, 9.17) is 0 Å². The van der Waals surface area contributed by atoms with Crippen LogP contribution in [0.2, 0.25) is 0 Å². The summed E-state index contributed by atoms with van der Waals surface area (Å²) < 4.78 is 13.5. The van der Waals surface area contributed by atoms with E-state index < -0.39 is 0 Å². The molecule has 16 heavy (non-hydrogen) atoms. The van der Waals surface area contributed by atoms with Crippen LogP contribution in [0.15, 0.2) is 18.2 Å². The second kappa shape index (κ2) is 6.15. The number of amides is 1. The SMILES string of the molecule is CNC(C)CNC(=O)c1ccc(F)cc1I. The third-order valence-corrected chi connectivity index (χ3v) is 3.13. The Kier molecular flexibility index (Phi) is 5.14. The van der Waals surface area contributed by atoms with Crippen molar-refractivity contribution in [2.24, 2.45) is 0 Å². The van der Waals surface area contributed by atoms with Gasteiger partial charge in [0.1, 0.15) is 5.82 Å². The van der Waals surface area contributed by atoms with Crippen LogP contribution in [0.1, 0.15) is 17.3 Å². The molecule has 1 aromatic rings. The maximum Gasteiger partial charge on any atom is 0.252 e. The minimum Gasteiger partial charge on any atom is -0.350 e. The van der Waals surface area contributed by atoms with Crippen molar-refractivity contribution in [3.8, 4) is 0 Å². The zero-order valence-electron chi connectivity index (χ0n) is 9.18. The van der Waals surface area contributed by atoms with Gasteiger partial charge in [-0.1, -0.05) is 0 Å². The van der Waals surface area contributed by atoms with E-state index in [-0.39, 0.29) is 17.8 Å². The van der Waals surface area contributed by atoms with Gasteiger partial charge in [0.25, 0.3) is 5.91 Å². The lowest BCUT2D eigenvalue weighted by molar-refractivity contribution is 0.0949. The monoisotopic (exact) mass is 336 g/mol. The predicted octanol–water partition coefficient (Wildman–Crippen LogP) is 1.77. The standard InChI is InChI=1S/C11H14FIN2O/c1-7(14-2)6-15-11(16)9-4-3-8(12)5-10(9)13/h3-5,7,14H,6H2,1-2H3,(H,15,16). The molecule has 1 unspecified atom stereocenters. The molecule has 1 atom stereocenters. The topological polar surface area (TPSA) is 41.1 Å². The normalized spacial score (nSPS) is 12.2. The molecular weight excluding hydrogens is 322 g/mol. The molecule has 0 radical (unpaired) electrons. The molecule has 0 aliphatic heterocycles. The summed E-state index contributed by atoms with van der Waals surface area (Å²) in [6.45, 7) is 2.51. The fourth-order valence-corrected chi connectivity index (χ4v) is 1.84. The van der Waals surface area contributed by atoms with Crippen molar-refractivity contribution in [3.63, 3.8) is 0 Å². The highest BCUT2D eigenvalue weighted by Gasteiger charge is 2.10. The summed E-state index contributed by atoms with van der Waals surface area (Å²) in [6.07, 6.45) is 0.